The van der Waals surface area contributed by atoms with Crippen LogP contribution in [0, 0.1) is 12.3 Å². The van der Waals surface area contributed by atoms with Crippen LogP contribution in [0.1, 0.15) is 53.5 Å². The minimum atomic E-state index is -0.645. The van der Waals surface area contributed by atoms with Crippen LogP contribution in [0.15, 0.2) is 41.5 Å². The van der Waals surface area contributed by atoms with Gasteiger partial charge in [-0.2, -0.15) is 0 Å². The van der Waals surface area contributed by atoms with Gasteiger partial charge in [-0.3, -0.25) is 9.59 Å². The van der Waals surface area contributed by atoms with E-state index in [-0.39, 0.29) is 23.8 Å². The monoisotopic (exact) mass is 495 g/mol. The van der Waals surface area contributed by atoms with Crippen LogP contribution in [0.2, 0.25) is 0 Å². The van der Waals surface area contributed by atoms with Gasteiger partial charge in [0.1, 0.15) is 0 Å². The number of thiophene rings is 1. The molecular weight excluding hydrogens is 466 g/mol. The summed E-state index contributed by atoms with van der Waals surface area (Å²) in [4.78, 5) is 41.1. The lowest BCUT2D eigenvalue weighted by Gasteiger charge is -2.27. The van der Waals surface area contributed by atoms with Gasteiger partial charge in [-0.15, -0.1) is 22.7 Å². The van der Waals surface area contributed by atoms with Gasteiger partial charge < -0.3 is 14.4 Å². The third-order valence-corrected chi connectivity index (χ3v) is 8.58. The van der Waals surface area contributed by atoms with Gasteiger partial charge in [0.05, 0.1) is 34.7 Å². The number of hydrogen-bond donors (Lipinski definition) is 0. The highest BCUT2D eigenvalue weighted by Gasteiger charge is 2.58. The van der Waals surface area contributed by atoms with Crippen molar-refractivity contribution in [1.29, 1.82) is 0 Å². The van der Waals surface area contributed by atoms with Gasteiger partial charge in [0.25, 0.3) is 0 Å². The summed E-state index contributed by atoms with van der Waals surface area (Å²) in [6.07, 6.45) is 8.08. The smallest absolute Gasteiger partial charge is 0.246 e. The third-order valence-electron chi connectivity index (χ3n) is 6.92. The van der Waals surface area contributed by atoms with Gasteiger partial charge in [-0.25, -0.2) is 9.97 Å². The predicted molar refractivity (Wildman–Crippen MR) is 135 cm³/mol. The maximum Gasteiger partial charge on any atom is 0.246 e. The van der Waals surface area contributed by atoms with Crippen LogP contribution in [0.5, 0.6) is 0 Å². The molecule has 34 heavy (non-hydrogen) atoms. The first kappa shape index (κ1) is 23.0. The van der Waals surface area contributed by atoms with Crippen LogP contribution >= 0.6 is 22.7 Å². The summed E-state index contributed by atoms with van der Waals surface area (Å²) < 4.78 is 2.07. The first-order valence-electron chi connectivity index (χ1n) is 11.6. The van der Waals surface area contributed by atoms with Crippen LogP contribution in [-0.2, 0) is 16.1 Å². The molecule has 7 nitrogen and oxygen atoms in total. The molecule has 2 aliphatic heterocycles. The molecule has 2 amide bonds. The van der Waals surface area contributed by atoms with Gasteiger partial charge in [0, 0.05) is 54.1 Å². The van der Waals surface area contributed by atoms with E-state index in [1.807, 2.05) is 58.2 Å². The highest BCUT2D eigenvalue weighted by molar-refractivity contribution is 7.10. The number of amides is 2. The molecule has 178 valence electrons. The molecule has 0 unspecified atom stereocenters. The fraction of sp³-hybridized carbons (Fsp3) is 0.440. The third kappa shape index (κ3) is 4.22. The molecule has 0 aliphatic carbocycles. The Kier molecular flexibility index (Phi) is 6.16. The average molecular weight is 496 g/mol. The zero-order chi connectivity index (χ0) is 23.9. The topological polar surface area (TPSA) is 71.3 Å². The standard InChI is InChI=1S/C25H29N5O2S2/c1-17(2)30-13-22(26-16-30)21-12-29(23(31)7-6-20-5-4-10-33-20)15-25(21)8-9-28(24(25)32)11-19-14-34-18(3)27-19/h4-7,10,13-14,16-17,21H,8-9,11-12,15H2,1-3H3/b7-6+/t21-,25-/m0/s1. The minimum absolute atomic E-state index is 0.0556. The van der Waals surface area contributed by atoms with Gasteiger partial charge in [-0.05, 0) is 44.7 Å². The van der Waals surface area contributed by atoms with Crippen LogP contribution in [0.3, 0.4) is 0 Å². The fourth-order valence-electron chi connectivity index (χ4n) is 5.07. The number of thiazole rings is 1. The van der Waals surface area contributed by atoms with Gasteiger partial charge >= 0.3 is 0 Å². The molecule has 2 saturated heterocycles. The number of carbonyl (C=O) groups excluding carboxylic acids is 2. The zero-order valence-corrected chi connectivity index (χ0v) is 21.3. The van der Waals surface area contributed by atoms with Crippen molar-refractivity contribution in [2.75, 3.05) is 19.6 Å². The summed E-state index contributed by atoms with van der Waals surface area (Å²) in [5, 5.41) is 5.02. The number of hydrogen-bond acceptors (Lipinski definition) is 6. The van der Waals surface area contributed by atoms with Crippen molar-refractivity contribution in [3.63, 3.8) is 0 Å². The van der Waals surface area contributed by atoms with Gasteiger partial charge in [0.15, 0.2) is 0 Å². The van der Waals surface area contributed by atoms with E-state index in [0.29, 0.717) is 32.6 Å². The van der Waals surface area contributed by atoms with Crippen molar-refractivity contribution in [3.05, 3.63) is 62.8 Å². The first-order chi connectivity index (χ1) is 16.4. The van der Waals surface area contributed by atoms with Gasteiger partial charge in [-0.1, -0.05) is 6.07 Å². The number of aryl methyl sites for hydroxylation is 1. The highest BCUT2D eigenvalue weighted by Crippen LogP contribution is 2.50. The largest absolute Gasteiger partial charge is 0.337 e. The molecule has 3 aromatic heterocycles. The molecule has 9 heteroatoms. The SMILES string of the molecule is Cc1nc(CN2CC[C@@]3(CN(C(=O)/C=C/c4cccs4)C[C@H]3c3cn(C(C)C)cn3)C2=O)cs1. The second-order valence-corrected chi connectivity index (χ2v) is 11.5. The summed E-state index contributed by atoms with van der Waals surface area (Å²) in [7, 11) is 0. The van der Waals surface area contributed by atoms with Crippen molar-refractivity contribution < 1.29 is 9.59 Å². The average Bonchev–Trinajstić information content (AvgIpc) is 3.62. The number of aromatic nitrogens is 3. The van der Waals surface area contributed by atoms with E-state index in [2.05, 4.69) is 23.4 Å². The lowest BCUT2D eigenvalue weighted by Crippen LogP contribution is -2.40. The summed E-state index contributed by atoms with van der Waals surface area (Å²) in [5.74, 6) is -0.0685. The Labute approximate surface area is 207 Å². The molecule has 0 N–H and O–H groups in total. The molecule has 5 heterocycles. The normalized spacial score (nSPS) is 22.8. The molecule has 0 radical (unpaired) electrons. The Balaban J connectivity index is 1.42. The Morgan fingerprint density at radius 2 is 2.21 bits per heavy atom. The number of likely N-dealkylation sites (tertiary alicyclic amines) is 2. The quantitative estimate of drug-likeness (QED) is 0.477. The summed E-state index contributed by atoms with van der Waals surface area (Å²) in [5.41, 5.74) is 1.18. The molecule has 0 aromatic carbocycles. The van der Waals surface area contributed by atoms with Crippen molar-refractivity contribution >= 4 is 40.6 Å². The molecule has 2 atom stereocenters. The van der Waals surface area contributed by atoms with Crippen LogP contribution in [0.25, 0.3) is 6.08 Å². The van der Waals surface area contributed by atoms with E-state index in [1.54, 1.807) is 28.7 Å². The Bertz CT molecular complexity index is 1210. The minimum Gasteiger partial charge on any atom is -0.337 e. The summed E-state index contributed by atoms with van der Waals surface area (Å²) >= 11 is 3.20. The molecule has 2 aliphatic rings. The Morgan fingerprint density at radius 1 is 1.35 bits per heavy atom. The van der Waals surface area contributed by atoms with Gasteiger partial charge in [0.2, 0.25) is 11.8 Å². The molecule has 2 fully saturated rings. The maximum atomic E-state index is 13.9. The molecule has 1 spiro atoms. The van der Waals surface area contributed by atoms with E-state index < -0.39 is 5.41 Å². The van der Waals surface area contributed by atoms with E-state index in [0.717, 1.165) is 21.3 Å². The molecule has 3 aromatic rings. The number of imidazole rings is 1. The first-order valence-corrected chi connectivity index (χ1v) is 13.4. The Hall–Kier alpha value is -2.78. The zero-order valence-electron chi connectivity index (χ0n) is 19.7. The van der Waals surface area contributed by atoms with E-state index >= 15 is 0 Å². The van der Waals surface area contributed by atoms with E-state index in [1.165, 1.54) is 0 Å². The van der Waals surface area contributed by atoms with Crippen molar-refractivity contribution in [1.82, 2.24) is 24.3 Å². The fourth-order valence-corrected chi connectivity index (χ4v) is 6.29. The second kappa shape index (κ2) is 9.11. The van der Waals surface area contributed by atoms with E-state index in [4.69, 9.17) is 4.98 Å². The van der Waals surface area contributed by atoms with Crippen molar-refractivity contribution in [3.8, 4) is 0 Å². The highest BCUT2D eigenvalue weighted by atomic mass is 32.1. The van der Waals surface area contributed by atoms with Crippen molar-refractivity contribution in [2.45, 2.75) is 45.7 Å². The summed E-state index contributed by atoms with van der Waals surface area (Å²) in [6, 6.07) is 4.24. The number of nitrogens with zero attached hydrogens (tertiary/aromatic N) is 5. The lowest BCUT2D eigenvalue weighted by atomic mass is 9.75. The molecule has 0 bridgehead atoms. The Morgan fingerprint density at radius 3 is 2.88 bits per heavy atom. The lowest BCUT2D eigenvalue weighted by molar-refractivity contribution is -0.137. The summed E-state index contributed by atoms with van der Waals surface area (Å²) in [6.45, 7) is 8.31. The van der Waals surface area contributed by atoms with Crippen LogP contribution < -0.4 is 0 Å². The molecular formula is C25H29N5O2S2. The maximum absolute atomic E-state index is 13.9. The number of rotatable bonds is 6. The van der Waals surface area contributed by atoms with E-state index in [9.17, 15) is 9.59 Å². The molecule has 0 saturated carbocycles. The van der Waals surface area contributed by atoms with Crippen LogP contribution in [0.4, 0.5) is 0 Å². The predicted octanol–water partition coefficient (Wildman–Crippen LogP) is 4.35. The second-order valence-electron chi connectivity index (χ2n) is 9.45. The van der Waals surface area contributed by atoms with Crippen LogP contribution in [-0.4, -0.2) is 55.8 Å². The molecule has 5 rings (SSSR count). The number of carbonyl (C=O) groups is 2. The van der Waals surface area contributed by atoms with Crippen molar-refractivity contribution in [2.24, 2.45) is 5.41 Å².